The zero-order valence-electron chi connectivity index (χ0n) is 19.0. The van der Waals surface area contributed by atoms with Crippen molar-refractivity contribution in [2.24, 2.45) is 0 Å². The largest absolute Gasteiger partial charge is 0.301 e. The van der Waals surface area contributed by atoms with Crippen molar-refractivity contribution in [1.29, 1.82) is 0 Å². The van der Waals surface area contributed by atoms with Crippen LogP contribution in [0.5, 0.6) is 0 Å². The highest BCUT2D eigenvalue weighted by Crippen LogP contribution is 2.34. The number of aryl methyl sites for hydroxylation is 3. The first-order valence-corrected chi connectivity index (χ1v) is 14.2. The van der Waals surface area contributed by atoms with E-state index in [-0.39, 0.29) is 17.2 Å². The molecule has 2 N–H and O–H groups in total. The van der Waals surface area contributed by atoms with E-state index in [0.717, 1.165) is 39.7 Å². The predicted molar refractivity (Wildman–Crippen MR) is 146 cm³/mol. The van der Waals surface area contributed by atoms with E-state index in [9.17, 15) is 9.59 Å². The van der Waals surface area contributed by atoms with Gasteiger partial charge >= 0.3 is 0 Å². The monoisotopic (exact) mass is 518 g/mol. The second kappa shape index (κ2) is 9.22. The second-order valence-electron chi connectivity index (χ2n) is 8.72. The lowest BCUT2D eigenvalue weighted by Crippen LogP contribution is -2.15. The van der Waals surface area contributed by atoms with Crippen LogP contribution < -0.4 is 10.9 Å². The fourth-order valence-electron chi connectivity index (χ4n) is 4.49. The quantitative estimate of drug-likeness (QED) is 0.214. The number of hydrogen-bond acceptors (Lipinski definition) is 7. The van der Waals surface area contributed by atoms with Crippen LogP contribution in [0.4, 0.5) is 5.13 Å². The summed E-state index contributed by atoms with van der Waals surface area (Å²) in [7, 11) is 0. The molecule has 0 unspecified atom stereocenters. The molecule has 1 amide bonds. The van der Waals surface area contributed by atoms with Crippen LogP contribution in [0.2, 0.25) is 0 Å². The van der Waals surface area contributed by atoms with Crippen LogP contribution in [0, 0.1) is 6.92 Å². The molecule has 0 spiro atoms. The number of thiazole rings is 1. The van der Waals surface area contributed by atoms with E-state index in [4.69, 9.17) is 0 Å². The number of H-pyrrole nitrogens is 1. The molecule has 0 saturated heterocycles. The number of aromatic nitrogens is 3. The molecule has 3 aromatic heterocycles. The summed E-state index contributed by atoms with van der Waals surface area (Å²) in [5.74, 6) is -0.0543. The van der Waals surface area contributed by atoms with Crippen LogP contribution in [-0.2, 0) is 17.6 Å². The zero-order chi connectivity index (χ0) is 23.9. The van der Waals surface area contributed by atoms with Crippen LogP contribution in [-0.4, -0.2) is 26.6 Å². The maximum atomic E-state index is 13.0. The third-order valence-electron chi connectivity index (χ3n) is 6.21. The number of fused-ring (bicyclic) bond motifs is 3. The normalized spacial score (nSPS) is 13.3. The summed E-state index contributed by atoms with van der Waals surface area (Å²) in [6, 6.07) is 12.6. The van der Waals surface area contributed by atoms with Gasteiger partial charge in [0.2, 0.25) is 5.91 Å². The van der Waals surface area contributed by atoms with Gasteiger partial charge in [0.15, 0.2) is 10.3 Å². The smallest absolute Gasteiger partial charge is 0.260 e. The molecule has 6 nitrogen and oxygen atoms in total. The zero-order valence-corrected chi connectivity index (χ0v) is 21.5. The summed E-state index contributed by atoms with van der Waals surface area (Å²) < 4.78 is 1.03. The van der Waals surface area contributed by atoms with Crippen molar-refractivity contribution in [1.82, 2.24) is 15.0 Å². The first kappa shape index (κ1) is 22.5. The van der Waals surface area contributed by atoms with Crippen molar-refractivity contribution in [3.05, 3.63) is 68.8 Å². The van der Waals surface area contributed by atoms with E-state index in [1.807, 2.05) is 30.5 Å². The Morgan fingerprint density at radius 1 is 1.11 bits per heavy atom. The number of nitrogens with zero attached hydrogens (tertiary/aromatic N) is 2. The van der Waals surface area contributed by atoms with E-state index >= 15 is 0 Å². The fourth-order valence-corrected chi connectivity index (χ4v) is 7.02. The molecule has 0 atom stereocenters. The first-order chi connectivity index (χ1) is 17.0. The molecule has 5 aromatic rings. The molecule has 0 bridgehead atoms. The van der Waals surface area contributed by atoms with Crippen LogP contribution in [0.25, 0.3) is 31.6 Å². The van der Waals surface area contributed by atoms with E-state index in [2.05, 4.69) is 38.5 Å². The Bertz CT molecular complexity index is 1650. The van der Waals surface area contributed by atoms with Crippen molar-refractivity contribution in [3.8, 4) is 11.1 Å². The summed E-state index contributed by atoms with van der Waals surface area (Å²) in [5.41, 5.74) is 6.63. The number of benzene rings is 2. The Balaban J connectivity index is 1.19. The minimum absolute atomic E-state index is 0.131. The average molecular weight is 519 g/mol. The van der Waals surface area contributed by atoms with Gasteiger partial charge in [-0.05, 0) is 67.0 Å². The lowest BCUT2D eigenvalue weighted by molar-refractivity contribution is -0.113. The Kier molecular flexibility index (Phi) is 5.91. The molecular formula is C26H22N4O2S3. The third kappa shape index (κ3) is 4.51. The molecule has 176 valence electrons. The number of thiophene rings is 1. The number of rotatable bonds is 5. The second-order valence-corrected chi connectivity index (χ2v) is 11.6. The SMILES string of the molecule is Cc1ccc2sc(NC(=O)CSc3nc4scc(-c5ccc6c(c5)CCCC6)c4c(=O)[nH]3)nc2c1. The average Bonchev–Trinajstić information content (AvgIpc) is 3.46. The minimum atomic E-state index is -0.186. The highest BCUT2D eigenvalue weighted by molar-refractivity contribution is 7.99. The number of carbonyl (C=O) groups excluding carboxylic acids is 1. The summed E-state index contributed by atoms with van der Waals surface area (Å²) in [6.45, 7) is 2.02. The van der Waals surface area contributed by atoms with Crippen LogP contribution in [0.3, 0.4) is 0 Å². The van der Waals surface area contributed by atoms with Crippen LogP contribution >= 0.6 is 34.4 Å². The van der Waals surface area contributed by atoms with Gasteiger partial charge in [-0.25, -0.2) is 9.97 Å². The topological polar surface area (TPSA) is 87.7 Å². The highest BCUT2D eigenvalue weighted by Gasteiger charge is 2.17. The third-order valence-corrected chi connectivity index (χ3v) is 8.91. The van der Waals surface area contributed by atoms with Gasteiger partial charge in [0.05, 0.1) is 21.4 Å². The highest BCUT2D eigenvalue weighted by atomic mass is 32.2. The van der Waals surface area contributed by atoms with E-state index < -0.39 is 0 Å². The van der Waals surface area contributed by atoms with Crippen molar-refractivity contribution >= 4 is 65.9 Å². The molecule has 35 heavy (non-hydrogen) atoms. The number of thioether (sulfide) groups is 1. The molecular weight excluding hydrogens is 497 g/mol. The van der Waals surface area contributed by atoms with Gasteiger partial charge < -0.3 is 10.3 Å². The van der Waals surface area contributed by atoms with Crippen molar-refractivity contribution in [2.45, 2.75) is 37.8 Å². The van der Waals surface area contributed by atoms with Crippen LogP contribution in [0.1, 0.15) is 29.5 Å². The molecule has 0 radical (unpaired) electrons. The van der Waals surface area contributed by atoms with Gasteiger partial charge in [-0.1, -0.05) is 47.4 Å². The lowest BCUT2D eigenvalue weighted by atomic mass is 9.89. The van der Waals surface area contributed by atoms with Gasteiger partial charge in [-0.2, -0.15) is 0 Å². The summed E-state index contributed by atoms with van der Waals surface area (Å²) in [4.78, 5) is 38.2. The molecule has 0 fully saturated rings. The van der Waals surface area contributed by atoms with Crippen molar-refractivity contribution < 1.29 is 4.79 Å². The Labute approximate surface area is 213 Å². The van der Waals surface area contributed by atoms with Gasteiger partial charge in [0, 0.05) is 10.9 Å². The van der Waals surface area contributed by atoms with Gasteiger partial charge in [-0.3, -0.25) is 9.59 Å². The lowest BCUT2D eigenvalue weighted by Gasteiger charge is -2.16. The summed E-state index contributed by atoms with van der Waals surface area (Å²) in [5, 5.41) is 6.49. The summed E-state index contributed by atoms with van der Waals surface area (Å²) >= 11 is 4.12. The minimum Gasteiger partial charge on any atom is -0.301 e. The fraction of sp³-hybridized carbons (Fsp3) is 0.231. The molecule has 0 aliphatic heterocycles. The molecule has 0 saturated carbocycles. The van der Waals surface area contributed by atoms with Gasteiger partial charge in [0.25, 0.3) is 5.56 Å². The van der Waals surface area contributed by atoms with Crippen LogP contribution in [0.15, 0.2) is 51.7 Å². The van der Waals surface area contributed by atoms with Gasteiger partial charge in [0.1, 0.15) is 4.83 Å². The maximum Gasteiger partial charge on any atom is 0.260 e. The van der Waals surface area contributed by atoms with Crippen molar-refractivity contribution in [2.75, 3.05) is 11.1 Å². The number of nitrogens with one attached hydrogen (secondary N) is 2. The first-order valence-electron chi connectivity index (χ1n) is 11.5. The molecule has 2 aromatic carbocycles. The Morgan fingerprint density at radius 3 is 2.86 bits per heavy atom. The number of carbonyl (C=O) groups is 1. The van der Waals surface area contributed by atoms with Gasteiger partial charge in [-0.15, -0.1) is 11.3 Å². The number of hydrogen-bond donors (Lipinski definition) is 2. The van der Waals surface area contributed by atoms with Crippen molar-refractivity contribution in [3.63, 3.8) is 0 Å². The number of amides is 1. The summed E-state index contributed by atoms with van der Waals surface area (Å²) in [6.07, 6.45) is 4.69. The predicted octanol–water partition coefficient (Wildman–Crippen LogP) is 6.18. The molecule has 9 heteroatoms. The Morgan fingerprint density at radius 2 is 1.97 bits per heavy atom. The molecule has 6 rings (SSSR count). The molecule has 1 aliphatic carbocycles. The van der Waals surface area contributed by atoms with E-state index in [1.54, 1.807) is 0 Å². The Hall–Kier alpha value is -3.01. The van der Waals surface area contributed by atoms with E-state index in [1.165, 1.54) is 58.4 Å². The number of aromatic amines is 1. The molecule has 1 aliphatic rings. The maximum absolute atomic E-state index is 13.0. The van der Waals surface area contributed by atoms with E-state index in [0.29, 0.717) is 20.5 Å². The standard InChI is InChI=1S/C26H22N4O2S3/c1-14-6-9-20-19(10-14)27-26(35-20)28-21(31)13-34-25-29-23(32)22-18(12-33-24(22)30-25)17-8-7-15-4-2-3-5-16(15)11-17/h6-12H,2-5,13H2,1H3,(H,27,28,31)(H,29,30,32). The molecule has 3 heterocycles. The number of anilines is 1.